The van der Waals surface area contributed by atoms with Crippen LogP contribution in [0.4, 0.5) is 31.1 Å². The first-order valence-corrected chi connectivity index (χ1v) is 12.5. The molecule has 0 aromatic carbocycles. The standard InChI is InChI=1S/C27H30F6N4O3/c1-14(28)19-13-34-21(17-11-35-24(36-12-17)27(31,32)33)8-16(19)6-7-18(29)9-23(38)22-10-20(30)15(2)37(22)25(39)40-26(3,4)5/h7-8,11-15,20,22H,6,9-10H2,1-5H3/b18-7-/t14?,15-,20+,22-/m0/s1. The van der Waals surface area contributed by atoms with Gasteiger partial charge in [-0.15, -0.1) is 0 Å². The molecule has 0 N–H and O–H groups in total. The molecule has 2 aromatic heterocycles. The van der Waals surface area contributed by atoms with Crippen LogP contribution < -0.4 is 0 Å². The van der Waals surface area contributed by atoms with Gasteiger partial charge in [-0.25, -0.2) is 27.9 Å². The molecule has 1 unspecified atom stereocenters. The molecule has 1 fully saturated rings. The number of rotatable bonds is 7. The van der Waals surface area contributed by atoms with E-state index in [-0.39, 0.29) is 35.2 Å². The van der Waals surface area contributed by atoms with E-state index in [9.17, 15) is 35.9 Å². The van der Waals surface area contributed by atoms with Gasteiger partial charge in [0.25, 0.3) is 0 Å². The maximum atomic E-state index is 14.9. The lowest BCUT2D eigenvalue weighted by molar-refractivity contribution is -0.145. The summed E-state index contributed by atoms with van der Waals surface area (Å²) in [6.45, 7) is 7.56. The number of amides is 1. The largest absolute Gasteiger partial charge is 0.451 e. The van der Waals surface area contributed by atoms with Crippen molar-refractivity contribution < 1.29 is 40.7 Å². The van der Waals surface area contributed by atoms with Crippen LogP contribution in [0.25, 0.3) is 11.3 Å². The summed E-state index contributed by atoms with van der Waals surface area (Å²) < 4.78 is 87.1. The van der Waals surface area contributed by atoms with Gasteiger partial charge in [0.15, 0.2) is 5.78 Å². The zero-order valence-electron chi connectivity index (χ0n) is 22.6. The average Bonchev–Trinajstić information content (AvgIpc) is 3.15. The number of hydrogen-bond donors (Lipinski definition) is 0. The normalized spacial score (nSPS) is 20.9. The third-order valence-electron chi connectivity index (χ3n) is 6.26. The summed E-state index contributed by atoms with van der Waals surface area (Å²) in [5.74, 6) is -2.93. The van der Waals surface area contributed by atoms with Crippen molar-refractivity contribution in [1.29, 1.82) is 0 Å². The van der Waals surface area contributed by atoms with Gasteiger partial charge in [-0.2, -0.15) is 13.2 Å². The Hall–Kier alpha value is -3.51. The summed E-state index contributed by atoms with van der Waals surface area (Å²) >= 11 is 0. The number of pyridine rings is 1. The number of Topliss-reactive ketones (excluding diaryl/α,β-unsaturated/α-hetero) is 1. The summed E-state index contributed by atoms with van der Waals surface area (Å²) in [5.41, 5.74) is -0.222. The Bertz CT molecular complexity index is 1260. The summed E-state index contributed by atoms with van der Waals surface area (Å²) in [7, 11) is 0. The molecule has 0 spiro atoms. The van der Waals surface area contributed by atoms with E-state index >= 15 is 0 Å². The maximum absolute atomic E-state index is 14.9. The zero-order chi connectivity index (χ0) is 30.0. The number of ketones is 1. The molecule has 0 bridgehead atoms. The predicted molar refractivity (Wildman–Crippen MR) is 133 cm³/mol. The Morgan fingerprint density at radius 1 is 1.15 bits per heavy atom. The Morgan fingerprint density at radius 3 is 2.33 bits per heavy atom. The van der Waals surface area contributed by atoms with Crippen molar-refractivity contribution in [3.63, 3.8) is 0 Å². The number of carbonyl (C=O) groups is 2. The molecule has 3 rings (SSSR count). The maximum Gasteiger partial charge on any atom is 0.451 e. The molecule has 218 valence electrons. The number of hydrogen-bond acceptors (Lipinski definition) is 6. The van der Waals surface area contributed by atoms with Crippen LogP contribution in [0.15, 0.2) is 36.6 Å². The van der Waals surface area contributed by atoms with Crippen LogP contribution in [-0.4, -0.2) is 55.6 Å². The minimum Gasteiger partial charge on any atom is -0.444 e. The van der Waals surface area contributed by atoms with Gasteiger partial charge in [0.05, 0.1) is 24.2 Å². The molecule has 2 aromatic rings. The van der Waals surface area contributed by atoms with Gasteiger partial charge >= 0.3 is 12.3 Å². The number of carbonyl (C=O) groups excluding carboxylic acids is 2. The van der Waals surface area contributed by atoms with Gasteiger partial charge in [-0.3, -0.25) is 14.7 Å². The minimum atomic E-state index is -4.73. The van der Waals surface area contributed by atoms with Gasteiger partial charge in [0.1, 0.15) is 23.8 Å². The van der Waals surface area contributed by atoms with E-state index in [0.717, 1.165) is 23.4 Å². The highest BCUT2D eigenvalue weighted by molar-refractivity contribution is 5.89. The lowest BCUT2D eigenvalue weighted by Crippen LogP contribution is -2.47. The predicted octanol–water partition coefficient (Wildman–Crippen LogP) is 6.68. The van der Waals surface area contributed by atoms with E-state index in [2.05, 4.69) is 15.0 Å². The van der Waals surface area contributed by atoms with Crippen LogP contribution in [0.3, 0.4) is 0 Å². The van der Waals surface area contributed by atoms with Crippen molar-refractivity contribution in [2.75, 3.05) is 0 Å². The first-order valence-electron chi connectivity index (χ1n) is 12.5. The fraction of sp³-hybridized carbons (Fsp3) is 0.519. The molecule has 0 aliphatic carbocycles. The van der Waals surface area contributed by atoms with Gasteiger partial charge in [-0.1, -0.05) is 0 Å². The first-order chi connectivity index (χ1) is 18.5. The zero-order valence-corrected chi connectivity index (χ0v) is 22.6. The van der Waals surface area contributed by atoms with Crippen LogP contribution in [0, 0.1) is 0 Å². The number of aromatic nitrogens is 3. The molecule has 0 saturated carbocycles. The Kier molecular flexibility index (Phi) is 9.25. The van der Waals surface area contributed by atoms with Crippen molar-refractivity contribution in [2.45, 2.75) is 90.1 Å². The molecule has 7 nitrogen and oxygen atoms in total. The molecular formula is C27H30F6N4O3. The molecule has 1 saturated heterocycles. The summed E-state index contributed by atoms with van der Waals surface area (Å²) in [5, 5.41) is 0. The number of nitrogens with zero attached hydrogens (tertiary/aromatic N) is 4. The molecule has 13 heteroatoms. The second kappa shape index (κ2) is 11.9. The van der Waals surface area contributed by atoms with Crippen LogP contribution in [0.1, 0.15) is 70.6 Å². The molecule has 1 aliphatic rings. The van der Waals surface area contributed by atoms with Crippen molar-refractivity contribution in [3.8, 4) is 11.3 Å². The lowest BCUT2D eigenvalue weighted by atomic mass is 10.00. The van der Waals surface area contributed by atoms with E-state index in [1.165, 1.54) is 26.1 Å². The SMILES string of the molecule is CC(F)c1cnc(-c2cnc(C(F)(F)F)nc2)cc1C/C=C(\F)CC(=O)[C@@H]1C[C@@H](F)[C@H](C)N1C(=O)OC(C)(C)C. The topological polar surface area (TPSA) is 85.3 Å². The summed E-state index contributed by atoms with van der Waals surface area (Å²) in [4.78, 5) is 37.1. The molecule has 0 radical (unpaired) electrons. The van der Waals surface area contributed by atoms with E-state index < -0.39 is 66.2 Å². The van der Waals surface area contributed by atoms with Crippen molar-refractivity contribution in [2.24, 2.45) is 0 Å². The quantitative estimate of drug-likeness (QED) is 0.344. The van der Waals surface area contributed by atoms with E-state index in [1.807, 2.05) is 0 Å². The molecule has 3 heterocycles. The van der Waals surface area contributed by atoms with Crippen LogP contribution >= 0.6 is 0 Å². The average molecular weight is 573 g/mol. The monoisotopic (exact) mass is 572 g/mol. The molecular weight excluding hydrogens is 542 g/mol. The van der Waals surface area contributed by atoms with Gasteiger partial charge in [0.2, 0.25) is 5.82 Å². The number of alkyl halides is 5. The Morgan fingerprint density at radius 2 is 1.77 bits per heavy atom. The van der Waals surface area contributed by atoms with Gasteiger partial charge in [0, 0.05) is 36.1 Å². The highest BCUT2D eigenvalue weighted by Crippen LogP contribution is 2.32. The van der Waals surface area contributed by atoms with E-state index in [0.29, 0.717) is 0 Å². The third-order valence-corrected chi connectivity index (χ3v) is 6.26. The van der Waals surface area contributed by atoms with Crippen LogP contribution in [0.2, 0.25) is 0 Å². The highest BCUT2D eigenvalue weighted by atomic mass is 19.4. The lowest BCUT2D eigenvalue weighted by Gasteiger charge is -2.30. The molecule has 40 heavy (non-hydrogen) atoms. The minimum absolute atomic E-state index is 0.118. The molecule has 1 amide bonds. The number of allylic oxidation sites excluding steroid dienone is 2. The van der Waals surface area contributed by atoms with Crippen LogP contribution in [0.5, 0.6) is 0 Å². The first kappa shape index (κ1) is 31.0. The fourth-order valence-corrected chi connectivity index (χ4v) is 4.26. The van der Waals surface area contributed by atoms with Crippen LogP contribution in [-0.2, 0) is 22.1 Å². The Labute approximate surface area is 227 Å². The third kappa shape index (κ3) is 7.57. The smallest absolute Gasteiger partial charge is 0.444 e. The summed E-state index contributed by atoms with van der Waals surface area (Å²) in [6, 6.07) is -0.777. The molecule has 4 atom stereocenters. The van der Waals surface area contributed by atoms with E-state index in [4.69, 9.17) is 4.74 Å². The van der Waals surface area contributed by atoms with Crippen molar-refractivity contribution in [3.05, 3.63) is 53.5 Å². The highest BCUT2D eigenvalue weighted by Gasteiger charge is 2.46. The van der Waals surface area contributed by atoms with Gasteiger partial charge in [-0.05, 0) is 58.7 Å². The fourth-order valence-electron chi connectivity index (χ4n) is 4.26. The summed E-state index contributed by atoms with van der Waals surface area (Å²) in [6.07, 6.45) is -5.71. The van der Waals surface area contributed by atoms with Gasteiger partial charge < -0.3 is 4.74 Å². The number of likely N-dealkylation sites (tertiary alicyclic amines) is 1. The second-order valence-electron chi connectivity index (χ2n) is 10.6. The van der Waals surface area contributed by atoms with Crippen molar-refractivity contribution >= 4 is 11.9 Å². The second-order valence-corrected chi connectivity index (χ2v) is 10.6. The number of halogens is 6. The van der Waals surface area contributed by atoms with E-state index in [1.54, 1.807) is 20.8 Å². The molecule has 1 aliphatic heterocycles. The number of ether oxygens (including phenoxy) is 1. The Balaban J connectivity index is 1.78. The van der Waals surface area contributed by atoms with Crippen molar-refractivity contribution in [1.82, 2.24) is 19.9 Å².